The second-order valence-corrected chi connectivity index (χ2v) is 9.06. The van der Waals surface area contributed by atoms with E-state index >= 15 is 0 Å². The van der Waals surface area contributed by atoms with Crippen LogP contribution in [0.5, 0.6) is 0 Å². The predicted octanol–water partition coefficient (Wildman–Crippen LogP) is 3.18. The fraction of sp³-hybridized carbons (Fsp3) is 0.619. The molecule has 0 saturated carbocycles. The van der Waals surface area contributed by atoms with Crippen molar-refractivity contribution < 1.29 is 33.0 Å². The number of nitrogens with zero attached hydrogens (tertiary/aromatic N) is 2. The number of carboxylic acid groups (broad SMARTS) is 2. The van der Waals surface area contributed by atoms with Crippen LogP contribution in [0.4, 0.5) is 13.2 Å². The van der Waals surface area contributed by atoms with Gasteiger partial charge in [-0.1, -0.05) is 51.1 Å². The molecule has 9 heteroatoms. The van der Waals surface area contributed by atoms with E-state index in [0.29, 0.717) is 11.8 Å². The standard InChI is InChI=1S/C19H28N2O2.C2HF3O2/c1-19(2,3)17(18(22)23)21-12-15-10-20(11-16(15)13-21)9-14-7-5-4-6-8-14;3-2(4,5)1(6)7/h4-8,15-17H,9-13H2,1-3H3,(H,22,23);(H,6,7)/t15-,16+,17?;. The molecule has 0 amide bonds. The van der Waals surface area contributed by atoms with E-state index in [4.69, 9.17) is 9.90 Å². The zero-order valence-electron chi connectivity index (χ0n) is 17.4. The van der Waals surface area contributed by atoms with Crippen molar-refractivity contribution in [3.05, 3.63) is 35.9 Å². The third kappa shape index (κ3) is 6.43. The molecule has 30 heavy (non-hydrogen) atoms. The van der Waals surface area contributed by atoms with E-state index in [1.165, 1.54) is 5.56 Å². The zero-order chi connectivity index (χ0) is 22.7. The highest BCUT2D eigenvalue weighted by molar-refractivity contribution is 5.74. The van der Waals surface area contributed by atoms with Gasteiger partial charge in [0.1, 0.15) is 6.04 Å². The van der Waals surface area contributed by atoms with Crippen LogP contribution in [-0.2, 0) is 16.1 Å². The van der Waals surface area contributed by atoms with E-state index in [1.807, 2.05) is 20.8 Å². The van der Waals surface area contributed by atoms with Crippen LogP contribution in [0.2, 0.25) is 0 Å². The minimum Gasteiger partial charge on any atom is -0.480 e. The van der Waals surface area contributed by atoms with Gasteiger partial charge in [-0.05, 0) is 22.8 Å². The lowest BCUT2D eigenvalue weighted by atomic mass is 9.85. The number of aliphatic carboxylic acids is 2. The number of halogens is 3. The van der Waals surface area contributed by atoms with E-state index in [-0.39, 0.29) is 11.5 Å². The quantitative estimate of drug-likeness (QED) is 0.764. The predicted molar refractivity (Wildman–Crippen MR) is 105 cm³/mol. The zero-order valence-corrected chi connectivity index (χ0v) is 17.4. The van der Waals surface area contributed by atoms with Crippen LogP contribution in [0.25, 0.3) is 0 Å². The SMILES string of the molecule is CC(C)(C)C(C(=O)O)N1C[C@H]2CN(Cc3ccccc3)C[C@H]2C1.O=C(O)C(F)(F)F. The summed E-state index contributed by atoms with van der Waals surface area (Å²) < 4.78 is 31.7. The van der Waals surface area contributed by atoms with Gasteiger partial charge >= 0.3 is 18.1 Å². The third-order valence-electron chi connectivity index (χ3n) is 5.50. The van der Waals surface area contributed by atoms with Crippen molar-refractivity contribution in [3.8, 4) is 0 Å². The Morgan fingerprint density at radius 1 is 1.00 bits per heavy atom. The molecule has 1 aromatic rings. The van der Waals surface area contributed by atoms with Gasteiger partial charge in [0.2, 0.25) is 0 Å². The summed E-state index contributed by atoms with van der Waals surface area (Å²) in [5.41, 5.74) is 1.14. The number of carbonyl (C=O) groups is 2. The van der Waals surface area contributed by atoms with Crippen LogP contribution in [0.1, 0.15) is 26.3 Å². The second kappa shape index (κ2) is 9.34. The minimum absolute atomic E-state index is 0.228. The van der Waals surface area contributed by atoms with E-state index in [9.17, 15) is 23.1 Å². The van der Waals surface area contributed by atoms with Gasteiger partial charge in [0.25, 0.3) is 0 Å². The van der Waals surface area contributed by atoms with Gasteiger partial charge in [0.15, 0.2) is 0 Å². The summed E-state index contributed by atoms with van der Waals surface area (Å²) in [4.78, 5) is 25.3. The molecule has 2 N–H and O–H groups in total. The largest absolute Gasteiger partial charge is 0.490 e. The molecule has 0 aliphatic carbocycles. The average Bonchev–Trinajstić information content (AvgIpc) is 3.11. The molecule has 0 bridgehead atoms. The Balaban J connectivity index is 0.000000396. The fourth-order valence-corrected chi connectivity index (χ4v) is 4.38. The molecule has 168 valence electrons. The number of hydrogen-bond donors (Lipinski definition) is 2. The van der Waals surface area contributed by atoms with Crippen molar-refractivity contribution in [1.82, 2.24) is 9.80 Å². The molecule has 0 spiro atoms. The van der Waals surface area contributed by atoms with E-state index in [2.05, 4.69) is 40.1 Å². The summed E-state index contributed by atoms with van der Waals surface area (Å²) in [5, 5.41) is 16.8. The van der Waals surface area contributed by atoms with E-state index < -0.39 is 18.1 Å². The monoisotopic (exact) mass is 430 g/mol. The maximum absolute atomic E-state index is 11.7. The third-order valence-corrected chi connectivity index (χ3v) is 5.50. The summed E-state index contributed by atoms with van der Waals surface area (Å²) in [6.07, 6.45) is -5.08. The highest BCUT2D eigenvalue weighted by Crippen LogP contribution is 2.36. The van der Waals surface area contributed by atoms with Crippen molar-refractivity contribution in [2.45, 2.75) is 39.5 Å². The molecular weight excluding hydrogens is 401 g/mol. The number of hydrogen-bond acceptors (Lipinski definition) is 4. The van der Waals surface area contributed by atoms with Gasteiger partial charge in [0, 0.05) is 32.7 Å². The van der Waals surface area contributed by atoms with Crippen LogP contribution in [0, 0.1) is 17.3 Å². The molecule has 3 atom stereocenters. The molecule has 2 aliphatic rings. The van der Waals surface area contributed by atoms with Gasteiger partial charge in [-0.3, -0.25) is 14.6 Å². The molecular formula is C21H29F3N2O4. The number of benzene rings is 1. The Labute approximate surface area is 174 Å². The second-order valence-electron chi connectivity index (χ2n) is 9.06. The highest BCUT2D eigenvalue weighted by Gasteiger charge is 2.46. The summed E-state index contributed by atoms with van der Waals surface area (Å²) >= 11 is 0. The smallest absolute Gasteiger partial charge is 0.480 e. The Bertz CT molecular complexity index is 720. The van der Waals surface area contributed by atoms with Crippen LogP contribution >= 0.6 is 0 Å². The van der Waals surface area contributed by atoms with Crippen molar-refractivity contribution in [3.63, 3.8) is 0 Å². The Morgan fingerprint density at radius 3 is 1.83 bits per heavy atom. The Kier molecular flexibility index (Phi) is 7.52. The lowest BCUT2D eigenvalue weighted by Gasteiger charge is -2.35. The van der Waals surface area contributed by atoms with E-state index in [1.54, 1.807) is 0 Å². The lowest BCUT2D eigenvalue weighted by molar-refractivity contribution is -0.192. The van der Waals surface area contributed by atoms with Gasteiger partial charge in [-0.25, -0.2) is 4.79 Å². The van der Waals surface area contributed by atoms with Gasteiger partial charge < -0.3 is 10.2 Å². The Hall–Kier alpha value is -2.13. The van der Waals surface area contributed by atoms with E-state index in [0.717, 1.165) is 32.7 Å². The normalized spacial score (nSPS) is 23.4. The number of alkyl halides is 3. The van der Waals surface area contributed by atoms with Crippen molar-refractivity contribution in [1.29, 1.82) is 0 Å². The summed E-state index contributed by atoms with van der Waals surface area (Å²) in [5.74, 6) is -2.21. The highest BCUT2D eigenvalue weighted by atomic mass is 19.4. The van der Waals surface area contributed by atoms with Crippen LogP contribution in [-0.4, -0.2) is 70.3 Å². The number of rotatable bonds is 4. The van der Waals surface area contributed by atoms with Crippen LogP contribution in [0.3, 0.4) is 0 Å². The first-order valence-electron chi connectivity index (χ1n) is 9.82. The first kappa shape index (κ1) is 24.1. The van der Waals surface area contributed by atoms with Crippen LogP contribution in [0.15, 0.2) is 30.3 Å². The van der Waals surface area contributed by atoms with Gasteiger partial charge in [-0.2, -0.15) is 13.2 Å². The maximum atomic E-state index is 11.7. The molecule has 3 rings (SSSR count). The average molecular weight is 430 g/mol. The number of carboxylic acids is 2. The molecule has 0 radical (unpaired) electrons. The number of fused-ring (bicyclic) bond motifs is 1. The Morgan fingerprint density at radius 2 is 1.47 bits per heavy atom. The molecule has 1 unspecified atom stereocenters. The minimum atomic E-state index is -5.08. The summed E-state index contributed by atoms with van der Waals surface area (Å²) in [6, 6.07) is 10.2. The first-order chi connectivity index (χ1) is 13.8. The topological polar surface area (TPSA) is 81.1 Å². The summed E-state index contributed by atoms with van der Waals surface area (Å²) in [7, 11) is 0. The molecule has 1 aromatic carbocycles. The molecule has 2 saturated heterocycles. The molecule has 6 nitrogen and oxygen atoms in total. The molecule has 0 aromatic heterocycles. The van der Waals surface area contributed by atoms with Crippen molar-refractivity contribution in [2.24, 2.45) is 17.3 Å². The van der Waals surface area contributed by atoms with Gasteiger partial charge in [-0.15, -0.1) is 0 Å². The fourth-order valence-electron chi connectivity index (χ4n) is 4.38. The molecule has 2 fully saturated rings. The number of likely N-dealkylation sites (tertiary alicyclic amines) is 2. The van der Waals surface area contributed by atoms with Crippen molar-refractivity contribution >= 4 is 11.9 Å². The maximum Gasteiger partial charge on any atom is 0.490 e. The van der Waals surface area contributed by atoms with Gasteiger partial charge in [0.05, 0.1) is 0 Å². The lowest BCUT2D eigenvalue weighted by Crippen LogP contribution is -2.49. The molecule has 2 heterocycles. The first-order valence-corrected chi connectivity index (χ1v) is 9.82. The van der Waals surface area contributed by atoms with Crippen molar-refractivity contribution in [2.75, 3.05) is 26.2 Å². The summed E-state index contributed by atoms with van der Waals surface area (Å²) in [6.45, 7) is 11.1. The molecule has 2 aliphatic heterocycles. The van der Waals surface area contributed by atoms with Crippen LogP contribution < -0.4 is 0 Å².